The van der Waals surface area contributed by atoms with E-state index in [4.69, 9.17) is 18.3 Å². The molecule has 2 aromatic rings. The summed E-state index contributed by atoms with van der Waals surface area (Å²) in [5, 5.41) is -0.0415. The molecule has 10 nitrogen and oxygen atoms in total. The molecule has 3 unspecified atom stereocenters. The molecule has 0 spiro atoms. The molecule has 2 aromatic heterocycles. The number of nitrogens with zero attached hydrogens (tertiary/aromatic N) is 2. The Bertz CT molecular complexity index is 1820. The Labute approximate surface area is 322 Å². The van der Waals surface area contributed by atoms with Gasteiger partial charge in [0.15, 0.2) is 39.7 Å². The maximum atomic E-state index is 13.1. The Balaban J connectivity index is 0.000000276. The van der Waals surface area contributed by atoms with Crippen LogP contribution in [0.5, 0.6) is 11.5 Å². The van der Waals surface area contributed by atoms with Crippen LogP contribution in [0.1, 0.15) is 106 Å². The third-order valence-electron chi connectivity index (χ3n) is 11.5. The first-order valence-electron chi connectivity index (χ1n) is 17.3. The van der Waals surface area contributed by atoms with Crippen molar-refractivity contribution in [1.82, 2.24) is 9.13 Å². The van der Waals surface area contributed by atoms with Crippen molar-refractivity contribution in [2.45, 2.75) is 137 Å². The Morgan fingerprint density at radius 2 is 1.10 bits per heavy atom. The third kappa shape index (κ3) is 7.87. The Kier molecular flexibility index (Phi) is 12.3. The van der Waals surface area contributed by atoms with Crippen molar-refractivity contribution in [2.24, 2.45) is 10.8 Å². The monoisotopic (exact) mass is 872 g/mol. The van der Waals surface area contributed by atoms with Crippen LogP contribution in [0.2, 0.25) is 36.3 Å². The van der Waals surface area contributed by atoms with Crippen LogP contribution in [-0.2, 0) is 25.0 Å². The van der Waals surface area contributed by atoms with E-state index in [2.05, 4.69) is 99.6 Å². The first-order chi connectivity index (χ1) is 22.9. The minimum Gasteiger partial charge on any atom is -0.491 e. The van der Waals surface area contributed by atoms with Crippen molar-refractivity contribution >= 4 is 60.1 Å². The molecular weight excluding hydrogens is 816 g/mol. The zero-order valence-electron chi connectivity index (χ0n) is 33.5. The standard InChI is InChI=1S/C19H30BrNO4Si.C18H28BrNO4Si/c1-11-16(23)19(5,6)17(25-26(8,9)18(2,3)4)13-15(24-7)14(22)12(20)10-21(11)13;1-17(2,3)25(7,8)24-16-13-15(23-6)14(22)11(19)9-20(13)10-12(21)18(16,4)5/h10-11,17H,1-9H3;9,16H,10H2,1-8H3. The van der Waals surface area contributed by atoms with Gasteiger partial charge >= 0.3 is 0 Å². The van der Waals surface area contributed by atoms with Crippen molar-refractivity contribution in [1.29, 1.82) is 0 Å². The van der Waals surface area contributed by atoms with Gasteiger partial charge in [0.2, 0.25) is 10.9 Å². The van der Waals surface area contributed by atoms with Gasteiger partial charge in [-0.15, -0.1) is 0 Å². The van der Waals surface area contributed by atoms with Gasteiger partial charge < -0.3 is 27.5 Å². The van der Waals surface area contributed by atoms with E-state index < -0.39 is 45.7 Å². The molecule has 0 bridgehead atoms. The molecule has 0 saturated carbocycles. The van der Waals surface area contributed by atoms with Gasteiger partial charge in [-0.05, 0) is 103 Å². The van der Waals surface area contributed by atoms with Crippen LogP contribution in [0.15, 0.2) is 30.9 Å². The number of Topliss-reactive ketones (excluding diaryl/α,β-unsaturated/α-hetero) is 2. The van der Waals surface area contributed by atoms with Gasteiger partial charge in [-0.1, -0.05) is 41.5 Å². The highest BCUT2D eigenvalue weighted by Gasteiger charge is 2.53. The fourth-order valence-corrected chi connectivity index (χ4v) is 9.44. The lowest BCUT2D eigenvalue weighted by Gasteiger charge is -2.48. The number of halogens is 2. The minimum atomic E-state index is -2.20. The molecule has 2 aliphatic heterocycles. The molecule has 286 valence electrons. The summed E-state index contributed by atoms with van der Waals surface area (Å²) in [6, 6.07) is -0.398. The molecule has 0 N–H and O–H groups in total. The predicted octanol–water partition coefficient (Wildman–Crippen LogP) is 9.14. The second-order valence-corrected chi connectivity index (χ2v) is 29.1. The molecule has 0 aliphatic carbocycles. The summed E-state index contributed by atoms with van der Waals surface area (Å²) in [6.45, 7) is 31.2. The molecular formula is C37H58Br2N2O8Si2. The SMILES string of the molecule is COc1c2n(cc(Br)c1=O)C(C)C(=O)C(C)(C)C2O[Si](C)(C)C(C)(C)C.COc1c2n(cc(Br)c1=O)CC(=O)C(C)(C)C2O[Si](C)(C)C(C)(C)C. The number of fused-ring (bicyclic) bond motifs is 2. The van der Waals surface area contributed by atoms with Crippen molar-refractivity contribution in [3.05, 3.63) is 53.2 Å². The maximum absolute atomic E-state index is 13.1. The number of hydrogen-bond donors (Lipinski definition) is 0. The van der Waals surface area contributed by atoms with Gasteiger partial charge in [0.1, 0.15) is 12.2 Å². The number of hydrogen-bond acceptors (Lipinski definition) is 8. The number of methoxy groups -OCH3 is 2. The minimum absolute atomic E-state index is 0.0166. The van der Waals surface area contributed by atoms with Crippen LogP contribution in [0.25, 0.3) is 0 Å². The summed E-state index contributed by atoms with van der Waals surface area (Å²) in [4.78, 5) is 51.2. The topological polar surface area (TPSA) is 115 Å². The molecule has 0 saturated heterocycles. The average molecular weight is 875 g/mol. The molecule has 51 heavy (non-hydrogen) atoms. The third-order valence-corrected chi connectivity index (χ3v) is 21.5. The summed E-state index contributed by atoms with van der Waals surface area (Å²) in [5.74, 6) is 0.668. The van der Waals surface area contributed by atoms with Crippen LogP contribution in [0.4, 0.5) is 0 Å². The lowest BCUT2D eigenvalue weighted by molar-refractivity contribution is -0.139. The summed E-state index contributed by atoms with van der Waals surface area (Å²) in [5.41, 5.74) is -0.624. The molecule has 14 heteroatoms. The number of carbonyl (C=O) groups is 2. The Hall–Kier alpha value is -1.85. The van der Waals surface area contributed by atoms with Gasteiger partial charge in [-0.25, -0.2) is 0 Å². The second kappa shape index (κ2) is 14.4. The van der Waals surface area contributed by atoms with E-state index in [0.717, 1.165) is 0 Å². The Morgan fingerprint density at radius 1 is 0.706 bits per heavy atom. The molecule has 4 heterocycles. The van der Waals surface area contributed by atoms with Crippen molar-refractivity contribution in [3.8, 4) is 11.5 Å². The first kappa shape index (κ1) is 43.6. The van der Waals surface area contributed by atoms with Crippen LogP contribution >= 0.6 is 31.9 Å². The van der Waals surface area contributed by atoms with Gasteiger partial charge in [0, 0.05) is 12.4 Å². The fourth-order valence-electron chi connectivity index (χ4n) is 5.91. The molecule has 0 fully saturated rings. The van der Waals surface area contributed by atoms with Crippen LogP contribution in [-0.4, -0.2) is 51.6 Å². The highest BCUT2D eigenvalue weighted by molar-refractivity contribution is 9.10. The Morgan fingerprint density at radius 3 is 1.51 bits per heavy atom. The summed E-state index contributed by atoms with van der Waals surface area (Å²) in [6.07, 6.45) is 2.28. The smallest absolute Gasteiger partial charge is 0.237 e. The molecule has 3 atom stereocenters. The van der Waals surface area contributed by atoms with Crippen LogP contribution < -0.4 is 20.3 Å². The van der Waals surface area contributed by atoms with Gasteiger partial charge in [-0.2, -0.15) is 0 Å². The number of rotatable bonds is 6. The van der Waals surface area contributed by atoms with E-state index in [0.29, 0.717) is 20.3 Å². The van der Waals surface area contributed by atoms with E-state index in [1.165, 1.54) is 14.2 Å². The van der Waals surface area contributed by atoms with Crippen molar-refractivity contribution < 1.29 is 27.9 Å². The summed E-state index contributed by atoms with van der Waals surface area (Å²) < 4.78 is 28.7. The van der Waals surface area contributed by atoms with Gasteiger partial charge in [0.05, 0.1) is 58.0 Å². The van der Waals surface area contributed by atoms with E-state index in [1.54, 1.807) is 17.0 Å². The molecule has 0 radical (unpaired) electrons. The lowest BCUT2D eigenvalue weighted by atomic mass is 9.74. The molecule has 4 rings (SSSR count). The second-order valence-electron chi connectivity index (χ2n) is 17.9. The number of pyridine rings is 2. The molecule has 0 aromatic carbocycles. The zero-order valence-corrected chi connectivity index (χ0v) is 38.7. The van der Waals surface area contributed by atoms with Gasteiger partial charge in [0.25, 0.3) is 0 Å². The van der Waals surface area contributed by atoms with Crippen LogP contribution in [0.3, 0.4) is 0 Å². The highest BCUT2D eigenvalue weighted by Crippen LogP contribution is 2.52. The molecule has 0 amide bonds. The lowest BCUT2D eigenvalue weighted by Crippen LogP contribution is -2.51. The number of carbonyl (C=O) groups excluding carboxylic acids is 2. The highest BCUT2D eigenvalue weighted by atomic mass is 79.9. The predicted molar refractivity (Wildman–Crippen MR) is 214 cm³/mol. The van der Waals surface area contributed by atoms with Crippen molar-refractivity contribution in [2.75, 3.05) is 14.2 Å². The fraction of sp³-hybridized carbons (Fsp3) is 0.676. The van der Waals surface area contributed by atoms with E-state index in [1.807, 2.05) is 39.2 Å². The van der Waals surface area contributed by atoms with E-state index in [9.17, 15) is 19.2 Å². The average Bonchev–Trinajstić information content (AvgIpc) is 2.98. The van der Waals surface area contributed by atoms with Crippen molar-refractivity contribution in [3.63, 3.8) is 0 Å². The number of ketones is 2. The molecule has 2 aliphatic rings. The first-order valence-corrected chi connectivity index (χ1v) is 24.7. The number of ether oxygens (including phenoxy) is 2. The maximum Gasteiger partial charge on any atom is 0.237 e. The zero-order chi connectivity index (χ0) is 39.6. The number of aromatic nitrogens is 2. The quantitative estimate of drug-likeness (QED) is 0.264. The van der Waals surface area contributed by atoms with Crippen LogP contribution in [0, 0.1) is 10.8 Å². The van der Waals surface area contributed by atoms with E-state index in [-0.39, 0.29) is 50.5 Å². The van der Waals surface area contributed by atoms with Gasteiger partial charge in [-0.3, -0.25) is 19.2 Å². The van der Waals surface area contributed by atoms with E-state index >= 15 is 0 Å². The largest absolute Gasteiger partial charge is 0.491 e. The summed E-state index contributed by atoms with van der Waals surface area (Å²) >= 11 is 6.57. The summed E-state index contributed by atoms with van der Waals surface area (Å²) in [7, 11) is -1.41. The normalized spacial score (nSPS) is 21.7.